The molecule has 0 aromatic carbocycles. The number of hydrogen-bond donors (Lipinski definition) is 1. The van der Waals surface area contributed by atoms with Crippen LogP contribution >= 0.6 is 34.5 Å². The van der Waals surface area contributed by atoms with Crippen molar-refractivity contribution in [3.8, 4) is 16.9 Å². The van der Waals surface area contributed by atoms with Crippen LogP contribution in [0.1, 0.15) is 24.3 Å². The van der Waals surface area contributed by atoms with Gasteiger partial charge in [0.1, 0.15) is 16.0 Å². The van der Waals surface area contributed by atoms with E-state index in [-0.39, 0.29) is 31.4 Å². The highest BCUT2D eigenvalue weighted by atomic mass is 35.5. The van der Waals surface area contributed by atoms with Gasteiger partial charge < -0.3 is 0 Å². The summed E-state index contributed by atoms with van der Waals surface area (Å²) in [6.45, 7) is 0. The Morgan fingerprint density at radius 2 is 2.07 bits per heavy atom. The van der Waals surface area contributed by atoms with E-state index >= 15 is 0 Å². The van der Waals surface area contributed by atoms with E-state index in [1.165, 1.54) is 16.7 Å². The molecule has 3 aromatic rings. The topological polar surface area (TPSA) is 113 Å². The molecule has 0 bridgehead atoms. The van der Waals surface area contributed by atoms with Gasteiger partial charge in [-0.25, -0.2) is 22.2 Å². The van der Waals surface area contributed by atoms with E-state index in [2.05, 4.69) is 19.9 Å². The smallest absolute Gasteiger partial charge is 0.291 e. The van der Waals surface area contributed by atoms with E-state index in [9.17, 15) is 17.2 Å². The summed E-state index contributed by atoms with van der Waals surface area (Å²) in [4.78, 5) is 3.82. The van der Waals surface area contributed by atoms with E-state index in [1.54, 1.807) is 0 Å². The summed E-state index contributed by atoms with van der Waals surface area (Å²) in [6, 6.07) is 3.11. The van der Waals surface area contributed by atoms with Crippen molar-refractivity contribution in [1.29, 1.82) is 5.26 Å². The van der Waals surface area contributed by atoms with Crippen molar-refractivity contribution in [2.45, 2.75) is 29.7 Å². The molecule has 1 saturated carbocycles. The fraction of sp³-hybridized carbons (Fsp3) is 0.286. The van der Waals surface area contributed by atoms with Gasteiger partial charge in [0.05, 0.1) is 11.1 Å². The minimum Gasteiger partial charge on any atom is -0.293 e. The van der Waals surface area contributed by atoms with Crippen LogP contribution in [-0.2, 0) is 10.0 Å². The molecule has 0 unspecified atom stereocenters. The van der Waals surface area contributed by atoms with Gasteiger partial charge in [0.2, 0.25) is 10.0 Å². The number of imidazole rings is 1. The number of halogens is 4. The second kappa shape index (κ2) is 6.57. The molecule has 3 aromatic heterocycles. The molecule has 0 radical (unpaired) electrons. The Morgan fingerprint density at radius 3 is 2.64 bits per heavy atom. The van der Waals surface area contributed by atoms with Gasteiger partial charge in [0.15, 0.2) is 21.0 Å². The predicted molar refractivity (Wildman–Crippen MR) is 97.0 cm³/mol. The number of nitrogens with one attached hydrogen (secondary N) is 1. The molecule has 1 aliphatic carbocycles. The van der Waals surface area contributed by atoms with Crippen molar-refractivity contribution in [2.24, 2.45) is 0 Å². The number of nitriles is 1. The first-order valence-corrected chi connectivity index (χ1v) is 10.7. The number of nitrogens with zero attached hydrogens (tertiary/aromatic N) is 5. The molecular formula is C14H8Cl2F2N6O2S2. The molecule has 0 aliphatic heterocycles. The third-order valence-corrected chi connectivity index (χ3v) is 7.02. The predicted octanol–water partition coefficient (Wildman–Crippen LogP) is 3.43. The molecule has 146 valence electrons. The van der Waals surface area contributed by atoms with E-state index in [0.29, 0.717) is 24.2 Å². The zero-order valence-electron chi connectivity index (χ0n) is 13.5. The van der Waals surface area contributed by atoms with Crippen molar-refractivity contribution in [3.05, 3.63) is 27.4 Å². The molecule has 28 heavy (non-hydrogen) atoms. The minimum atomic E-state index is -4.08. The van der Waals surface area contributed by atoms with Gasteiger partial charge in [0.25, 0.3) is 6.43 Å². The zero-order valence-corrected chi connectivity index (χ0v) is 16.7. The van der Waals surface area contributed by atoms with Crippen molar-refractivity contribution < 1.29 is 17.2 Å². The SMILES string of the molecule is N#CC1(NS(=O)(=O)c2cc(Cl)c3c(Cl)nc(-c4nnc(C(F)F)s4)n3c2)CC1. The number of alkyl halides is 2. The standard InChI is InChI=1S/C14H8Cl2F2N6O2S2/c15-7-3-6(28(25,26)23-14(5-19)1-2-14)4-24-8(7)9(16)20-11(24)13-22-21-12(27-13)10(17)18/h3-4,10,23H,1-2H2. The molecule has 0 spiro atoms. The molecule has 1 N–H and O–H groups in total. The second-order valence-corrected chi connectivity index (χ2v) is 9.47. The van der Waals surface area contributed by atoms with Crippen LogP contribution < -0.4 is 4.72 Å². The largest absolute Gasteiger partial charge is 0.293 e. The molecule has 1 aliphatic rings. The van der Waals surface area contributed by atoms with Gasteiger partial charge >= 0.3 is 0 Å². The summed E-state index contributed by atoms with van der Waals surface area (Å²) in [5.41, 5.74) is -0.936. The lowest BCUT2D eigenvalue weighted by Crippen LogP contribution is -2.35. The summed E-state index contributed by atoms with van der Waals surface area (Å²) in [7, 11) is -4.08. The minimum absolute atomic E-state index is 0.0183. The van der Waals surface area contributed by atoms with Gasteiger partial charge in [-0.1, -0.05) is 34.5 Å². The normalized spacial score (nSPS) is 15.9. The molecule has 8 nitrogen and oxygen atoms in total. The molecule has 0 saturated heterocycles. The number of sulfonamides is 1. The summed E-state index contributed by atoms with van der Waals surface area (Å²) in [6.07, 6.45) is -0.809. The summed E-state index contributed by atoms with van der Waals surface area (Å²) >= 11 is 12.9. The molecular weight excluding hydrogens is 457 g/mol. The number of fused-ring (bicyclic) bond motifs is 1. The first-order valence-electron chi connectivity index (χ1n) is 7.60. The lowest BCUT2D eigenvalue weighted by Gasteiger charge is -2.11. The Balaban J connectivity index is 1.86. The van der Waals surface area contributed by atoms with Gasteiger partial charge in [-0.05, 0) is 18.9 Å². The van der Waals surface area contributed by atoms with Crippen LogP contribution in [0.4, 0.5) is 8.78 Å². The Bertz CT molecular complexity index is 1250. The van der Waals surface area contributed by atoms with Crippen LogP contribution in [-0.4, -0.2) is 33.5 Å². The van der Waals surface area contributed by atoms with E-state index in [0.717, 1.165) is 0 Å². The molecule has 0 amide bonds. The summed E-state index contributed by atoms with van der Waals surface area (Å²) in [5.74, 6) is 0.0183. The monoisotopic (exact) mass is 464 g/mol. The maximum atomic E-state index is 12.8. The molecule has 0 atom stereocenters. The van der Waals surface area contributed by atoms with Crippen molar-refractivity contribution in [2.75, 3.05) is 0 Å². The quantitative estimate of drug-likeness (QED) is 0.618. The zero-order chi connectivity index (χ0) is 20.3. The third-order valence-electron chi connectivity index (χ3n) is 4.04. The second-order valence-electron chi connectivity index (χ2n) is 6.01. The van der Waals surface area contributed by atoms with Crippen LogP contribution in [0.3, 0.4) is 0 Å². The van der Waals surface area contributed by atoms with Gasteiger partial charge in [0, 0.05) is 6.20 Å². The third kappa shape index (κ3) is 3.23. The van der Waals surface area contributed by atoms with Gasteiger partial charge in [-0.3, -0.25) is 4.40 Å². The summed E-state index contributed by atoms with van der Waals surface area (Å²) < 4.78 is 54.6. The fourth-order valence-corrected chi connectivity index (χ4v) is 5.26. The molecule has 3 heterocycles. The average molecular weight is 465 g/mol. The molecule has 1 fully saturated rings. The van der Waals surface area contributed by atoms with Crippen molar-refractivity contribution in [1.82, 2.24) is 24.3 Å². The highest BCUT2D eigenvalue weighted by molar-refractivity contribution is 7.89. The molecule has 14 heteroatoms. The van der Waals surface area contributed by atoms with E-state index in [4.69, 9.17) is 28.5 Å². The van der Waals surface area contributed by atoms with Crippen LogP contribution in [0.15, 0.2) is 17.2 Å². The fourth-order valence-electron chi connectivity index (χ4n) is 2.49. The van der Waals surface area contributed by atoms with Crippen LogP contribution in [0.2, 0.25) is 10.2 Å². The Kier molecular flexibility index (Phi) is 4.55. The molecule has 4 rings (SSSR count). The maximum absolute atomic E-state index is 12.8. The number of rotatable bonds is 5. The van der Waals surface area contributed by atoms with Crippen LogP contribution in [0.5, 0.6) is 0 Å². The van der Waals surface area contributed by atoms with Gasteiger partial charge in [-0.2, -0.15) is 9.98 Å². The number of aromatic nitrogens is 4. The van der Waals surface area contributed by atoms with Crippen molar-refractivity contribution >= 4 is 50.1 Å². The highest BCUT2D eigenvalue weighted by Gasteiger charge is 2.47. The Hall–Kier alpha value is -1.91. The van der Waals surface area contributed by atoms with Crippen molar-refractivity contribution in [3.63, 3.8) is 0 Å². The first kappa shape index (κ1) is 19.4. The van der Waals surface area contributed by atoms with Crippen LogP contribution in [0, 0.1) is 11.3 Å². The van der Waals surface area contributed by atoms with Gasteiger partial charge in [-0.15, -0.1) is 10.2 Å². The number of pyridine rings is 1. The lowest BCUT2D eigenvalue weighted by molar-refractivity contribution is 0.150. The average Bonchev–Trinajstić information content (AvgIpc) is 3.07. The summed E-state index contributed by atoms with van der Waals surface area (Å²) in [5, 5.41) is 15.6. The van der Waals surface area contributed by atoms with E-state index < -0.39 is 27.0 Å². The first-order chi connectivity index (χ1) is 13.2. The number of hydrogen-bond acceptors (Lipinski definition) is 7. The van der Waals surface area contributed by atoms with Crippen LogP contribution in [0.25, 0.3) is 16.3 Å². The van der Waals surface area contributed by atoms with E-state index in [1.807, 2.05) is 6.07 Å². The lowest BCUT2D eigenvalue weighted by atomic mass is 10.3. The Labute approximate surface area is 170 Å². The Morgan fingerprint density at radius 1 is 1.36 bits per heavy atom. The highest BCUT2D eigenvalue weighted by Crippen LogP contribution is 2.38. The maximum Gasteiger partial charge on any atom is 0.291 e.